The maximum absolute atomic E-state index is 13.2. The summed E-state index contributed by atoms with van der Waals surface area (Å²) in [5.41, 5.74) is 0.928. The summed E-state index contributed by atoms with van der Waals surface area (Å²) in [7, 11) is -3.69. The van der Waals surface area contributed by atoms with Crippen LogP contribution in [0, 0.1) is 6.92 Å². The number of carbonyl (C=O) groups excluding carboxylic acids is 2. The van der Waals surface area contributed by atoms with Crippen LogP contribution in [-0.2, 0) is 19.6 Å². The number of halogens is 1. The minimum atomic E-state index is -3.69. The molecule has 2 aromatic carbocycles. The number of benzene rings is 2. The quantitative estimate of drug-likeness (QED) is 0.384. The Bertz CT molecular complexity index is 1270. The third kappa shape index (κ3) is 6.07. The summed E-state index contributed by atoms with van der Waals surface area (Å²) in [6, 6.07) is 11.7. The highest BCUT2D eigenvalue weighted by atomic mass is 35.5. The first kappa shape index (κ1) is 26.2. The van der Waals surface area contributed by atoms with Crippen LogP contribution in [0.5, 0.6) is 5.75 Å². The first-order valence-corrected chi connectivity index (χ1v) is 13.6. The lowest BCUT2D eigenvalue weighted by Crippen LogP contribution is -2.63. The highest BCUT2D eigenvalue weighted by molar-refractivity contribution is 7.89. The summed E-state index contributed by atoms with van der Waals surface area (Å²) >= 11 is 6.06. The molecule has 0 atom stereocenters. The molecular formula is C25H29ClN4O5S. The monoisotopic (exact) mass is 532 g/mol. The van der Waals surface area contributed by atoms with E-state index < -0.39 is 21.5 Å². The van der Waals surface area contributed by atoms with Crippen LogP contribution in [-0.4, -0.2) is 58.6 Å². The fourth-order valence-electron chi connectivity index (χ4n) is 4.17. The smallest absolute Gasteiger partial charge is 0.251 e. The van der Waals surface area contributed by atoms with Gasteiger partial charge in [-0.25, -0.2) is 13.1 Å². The Labute approximate surface area is 215 Å². The number of amides is 2. The van der Waals surface area contributed by atoms with Gasteiger partial charge in [-0.05, 0) is 69.3 Å². The maximum Gasteiger partial charge on any atom is 0.251 e. The van der Waals surface area contributed by atoms with Crippen LogP contribution in [0.2, 0.25) is 5.02 Å². The van der Waals surface area contributed by atoms with Gasteiger partial charge >= 0.3 is 0 Å². The second-order valence-corrected chi connectivity index (χ2v) is 11.1. The number of hydrogen-bond acceptors (Lipinski definition) is 6. The van der Waals surface area contributed by atoms with Gasteiger partial charge in [-0.3, -0.25) is 9.59 Å². The Balaban J connectivity index is 1.38. The average Bonchev–Trinajstić information content (AvgIpc) is 2.86. The van der Waals surface area contributed by atoms with Crippen LogP contribution in [0.15, 0.2) is 52.9 Å². The number of piperidine rings is 1. The molecule has 4 N–H and O–H groups in total. The number of fused-ring (bicyclic) bond motifs is 1. The van der Waals surface area contributed by atoms with Crippen molar-refractivity contribution < 1.29 is 22.7 Å². The van der Waals surface area contributed by atoms with Crippen molar-refractivity contribution >= 4 is 39.5 Å². The predicted molar refractivity (Wildman–Crippen MR) is 137 cm³/mol. The van der Waals surface area contributed by atoms with Crippen molar-refractivity contribution in [1.82, 2.24) is 20.7 Å². The van der Waals surface area contributed by atoms with Gasteiger partial charge in [-0.15, -0.1) is 0 Å². The number of hydrogen-bond donors (Lipinski definition) is 4. The molecule has 2 aromatic rings. The molecule has 0 radical (unpaired) electrons. The molecule has 0 spiro atoms. The molecular weight excluding hydrogens is 504 g/mol. The van der Waals surface area contributed by atoms with Crippen molar-refractivity contribution in [2.24, 2.45) is 0 Å². The Morgan fingerprint density at radius 3 is 2.53 bits per heavy atom. The van der Waals surface area contributed by atoms with E-state index in [4.69, 9.17) is 16.3 Å². The van der Waals surface area contributed by atoms with E-state index in [1.54, 1.807) is 36.4 Å². The van der Waals surface area contributed by atoms with Gasteiger partial charge in [0.25, 0.3) is 5.91 Å². The molecule has 0 aliphatic carbocycles. The summed E-state index contributed by atoms with van der Waals surface area (Å²) in [6.07, 6.45) is 2.51. The highest BCUT2D eigenvalue weighted by Crippen LogP contribution is 2.29. The van der Waals surface area contributed by atoms with Gasteiger partial charge in [0.15, 0.2) is 0 Å². The molecule has 9 nitrogen and oxygen atoms in total. The molecule has 2 aliphatic rings. The second-order valence-electron chi connectivity index (χ2n) is 8.89. The third-order valence-electron chi connectivity index (χ3n) is 6.25. The van der Waals surface area contributed by atoms with Crippen molar-refractivity contribution in [3.8, 4) is 5.75 Å². The molecule has 0 bridgehead atoms. The average molecular weight is 533 g/mol. The molecule has 11 heteroatoms. The van der Waals surface area contributed by atoms with Crippen LogP contribution < -0.4 is 25.4 Å². The minimum absolute atomic E-state index is 0.0146. The number of carbonyl (C=O) groups is 2. The van der Waals surface area contributed by atoms with Gasteiger partial charge in [0.05, 0.1) is 10.5 Å². The van der Waals surface area contributed by atoms with Crippen molar-refractivity contribution in [3.05, 3.63) is 64.2 Å². The van der Waals surface area contributed by atoms with Crippen LogP contribution in [0.3, 0.4) is 0 Å². The first-order chi connectivity index (χ1) is 17.2. The standard InChI is InChI=1S/C25H29ClN4O5S/c1-17-2-5-21(6-3-17)36(33,34)29-13-12-28-24(32)25(8-10-27-11-9-25)30-23(31)19-14-18-15-20(26)4-7-22(18)35-16-19/h2-7,14-15,27,29H,8-13,16H2,1H3,(H,28,32)(H,30,31). The number of nitrogens with one attached hydrogen (secondary N) is 4. The summed E-state index contributed by atoms with van der Waals surface area (Å²) < 4.78 is 33.1. The van der Waals surface area contributed by atoms with Crippen LogP contribution >= 0.6 is 11.6 Å². The van der Waals surface area contributed by atoms with Gasteiger partial charge in [0.1, 0.15) is 17.9 Å². The summed E-state index contributed by atoms with van der Waals surface area (Å²) in [5.74, 6) is -0.108. The SMILES string of the molecule is Cc1ccc(S(=O)(=O)NCCNC(=O)C2(NC(=O)C3=Cc4cc(Cl)ccc4OC3)CCNCC2)cc1. The molecule has 36 heavy (non-hydrogen) atoms. The van der Waals surface area contributed by atoms with Gasteiger partial charge in [-0.2, -0.15) is 0 Å². The molecule has 0 aromatic heterocycles. The third-order valence-corrected chi connectivity index (χ3v) is 7.97. The van der Waals surface area contributed by atoms with Crippen molar-refractivity contribution in [2.45, 2.75) is 30.2 Å². The fourth-order valence-corrected chi connectivity index (χ4v) is 5.38. The van der Waals surface area contributed by atoms with Gasteiger partial charge < -0.3 is 20.7 Å². The van der Waals surface area contributed by atoms with E-state index in [1.807, 2.05) is 6.92 Å². The fraction of sp³-hybridized carbons (Fsp3) is 0.360. The van der Waals surface area contributed by atoms with E-state index >= 15 is 0 Å². The largest absolute Gasteiger partial charge is 0.488 e. The lowest BCUT2D eigenvalue weighted by atomic mass is 9.86. The Morgan fingerprint density at radius 1 is 1.08 bits per heavy atom. The van der Waals surface area contributed by atoms with Gasteiger partial charge in [0, 0.05) is 23.7 Å². The Morgan fingerprint density at radius 2 is 1.81 bits per heavy atom. The van der Waals surface area contributed by atoms with E-state index in [0.717, 1.165) is 5.56 Å². The zero-order valence-electron chi connectivity index (χ0n) is 19.9. The van der Waals surface area contributed by atoms with Crippen LogP contribution in [0.25, 0.3) is 6.08 Å². The molecule has 1 fully saturated rings. The molecule has 2 aliphatic heterocycles. The summed E-state index contributed by atoms with van der Waals surface area (Å²) in [6.45, 7) is 3.16. The number of aryl methyl sites for hydroxylation is 1. The van der Waals surface area contributed by atoms with E-state index in [-0.39, 0.29) is 30.5 Å². The van der Waals surface area contributed by atoms with E-state index in [9.17, 15) is 18.0 Å². The van der Waals surface area contributed by atoms with Crippen molar-refractivity contribution in [1.29, 1.82) is 0 Å². The highest BCUT2D eigenvalue weighted by Gasteiger charge is 2.41. The molecule has 1 saturated heterocycles. The summed E-state index contributed by atoms with van der Waals surface area (Å²) in [5, 5.41) is 9.43. The normalized spacial score (nSPS) is 16.8. The van der Waals surface area contributed by atoms with E-state index in [0.29, 0.717) is 47.8 Å². The first-order valence-electron chi connectivity index (χ1n) is 11.7. The summed E-state index contributed by atoms with van der Waals surface area (Å²) in [4.78, 5) is 26.5. The molecule has 192 valence electrons. The van der Waals surface area contributed by atoms with E-state index in [1.165, 1.54) is 12.1 Å². The van der Waals surface area contributed by atoms with E-state index in [2.05, 4.69) is 20.7 Å². The molecule has 0 saturated carbocycles. The number of sulfonamides is 1. The molecule has 0 unspecified atom stereocenters. The van der Waals surface area contributed by atoms with Crippen LogP contribution in [0.4, 0.5) is 0 Å². The van der Waals surface area contributed by atoms with Crippen molar-refractivity contribution in [3.63, 3.8) is 0 Å². The van der Waals surface area contributed by atoms with Gasteiger partial charge in [-0.1, -0.05) is 29.3 Å². The molecule has 2 amide bonds. The minimum Gasteiger partial charge on any atom is -0.488 e. The topological polar surface area (TPSA) is 126 Å². The van der Waals surface area contributed by atoms with Gasteiger partial charge in [0.2, 0.25) is 15.9 Å². The Kier molecular flexibility index (Phi) is 7.99. The zero-order chi connectivity index (χ0) is 25.8. The van der Waals surface area contributed by atoms with Crippen molar-refractivity contribution in [2.75, 3.05) is 32.8 Å². The lowest BCUT2D eigenvalue weighted by molar-refractivity contribution is -0.133. The number of rotatable bonds is 8. The second kappa shape index (κ2) is 11.0. The maximum atomic E-state index is 13.2. The number of ether oxygens (including phenoxy) is 1. The Hall–Kier alpha value is -2.92. The lowest BCUT2D eigenvalue weighted by Gasteiger charge is -2.37. The molecule has 4 rings (SSSR count). The predicted octanol–water partition coefficient (Wildman–Crippen LogP) is 1.76. The molecule has 2 heterocycles. The zero-order valence-corrected chi connectivity index (χ0v) is 21.5. The van der Waals surface area contributed by atoms with Crippen LogP contribution in [0.1, 0.15) is 24.0 Å².